The number of hydrogen-bond donors (Lipinski definition) is 1. The average Bonchev–Trinajstić information content (AvgIpc) is 2.06. The Morgan fingerprint density at radius 3 is 2.35 bits per heavy atom. The van der Waals surface area contributed by atoms with Gasteiger partial charge in [0.05, 0.1) is 0 Å². The summed E-state index contributed by atoms with van der Waals surface area (Å²) in [5.74, 6) is -2.72. The molecule has 0 aliphatic carbocycles. The highest BCUT2D eigenvalue weighted by Crippen LogP contribution is 2.28. The van der Waals surface area contributed by atoms with Gasteiger partial charge in [0.15, 0.2) is 0 Å². The number of ether oxygens (including phenoxy) is 1. The quantitative estimate of drug-likeness (QED) is 0.646. The molecule has 0 amide bonds. The lowest BCUT2D eigenvalue weighted by molar-refractivity contribution is -0.277. The number of hydrogen-bond acceptors (Lipinski definition) is 4. The van der Waals surface area contributed by atoms with Gasteiger partial charge >= 0.3 is 6.36 Å². The van der Waals surface area contributed by atoms with Gasteiger partial charge in [-0.1, -0.05) is 0 Å². The summed E-state index contributed by atoms with van der Waals surface area (Å²) < 4.78 is 73.9. The van der Waals surface area contributed by atoms with E-state index in [2.05, 4.69) is 14.9 Å². The first-order chi connectivity index (χ1) is 7.50. The van der Waals surface area contributed by atoms with Crippen molar-refractivity contribution in [3.8, 4) is 5.88 Å². The second-order valence-electron chi connectivity index (χ2n) is 2.99. The molecule has 17 heavy (non-hydrogen) atoms. The minimum absolute atomic E-state index is 0.274. The monoisotopic (exact) mass is 274 g/mol. The van der Waals surface area contributed by atoms with Crippen LogP contribution in [0.15, 0.2) is 11.0 Å². The lowest BCUT2D eigenvalue weighted by Gasteiger charge is -2.11. The molecule has 1 heterocycles. The van der Waals surface area contributed by atoms with Crippen LogP contribution in [0.4, 0.5) is 17.6 Å². The largest absolute Gasteiger partial charge is 0.574 e. The molecule has 0 fully saturated rings. The molecular weight excluding hydrogens is 268 g/mol. The lowest BCUT2D eigenvalue weighted by atomic mass is 10.3. The number of pyridine rings is 1. The third-order valence-corrected chi connectivity index (χ3v) is 2.51. The van der Waals surface area contributed by atoms with Crippen molar-refractivity contribution in [1.82, 2.24) is 4.98 Å². The summed E-state index contributed by atoms with van der Waals surface area (Å²) in [4.78, 5) is 1.72. The summed E-state index contributed by atoms with van der Waals surface area (Å²) in [6.45, 7) is 1.12. The molecule has 1 aromatic rings. The number of halogens is 4. The summed E-state index contributed by atoms with van der Waals surface area (Å²) in [6, 6.07) is 0.610. The molecule has 5 nitrogen and oxygen atoms in total. The van der Waals surface area contributed by atoms with Gasteiger partial charge in [0.25, 0.3) is 0 Å². The highest BCUT2D eigenvalue weighted by Gasteiger charge is 2.35. The Labute approximate surface area is 93.3 Å². The summed E-state index contributed by atoms with van der Waals surface area (Å²) >= 11 is 0. The molecule has 0 saturated heterocycles. The SMILES string of the molecule is Cc1cc(S(N)(=O)=O)c(OC(F)(F)F)nc1F. The maximum atomic E-state index is 12.9. The Morgan fingerprint density at radius 1 is 1.41 bits per heavy atom. The van der Waals surface area contributed by atoms with Crippen molar-refractivity contribution in [1.29, 1.82) is 0 Å². The molecule has 0 saturated carbocycles. The third-order valence-electron chi connectivity index (χ3n) is 1.60. The summed E-state index contributed by atoms with van der Waals surface area (Å²) in [7, 11) is -4.50. The van der Waals surface area contributed by atoms with Crippen LogP contribution >= 0.6 is 0 Å². The van der Waals surface area contributed by atoms with Gasteiger partial charge in [0.2, 0.25) is 21.9 Å². The zero-order valence-electron chi connectivity index (χ0n) is 8.25. The average molecular weight is 274 g/mol. The molecule has 0 spiro atoms. The molecular formula is C7H6F4N2O3S. The van der Waals surface area contributed by atoms with Gasteiger partial charge in [-0.05, 0) is 13.0 Å². The van der Waals surface area contributed by atoms with Crippen molar-refractivity contribution >= 4 is 10.0 Å². The molecule has 1 rings (SSSR count). The van der Waals surface area contributed by atoms with E-state index in [4.69, 9.17) is 0 Å². The summed E-state index contributed by atoms with van der Waals surface area (Å²) in [5, 5.41) is 4.66. The van der Waals surface area contributed by atoms with Crippen molar-refractivity contribution in [2.24, 2.45) is 5.14 Å². The predicted molar refractivity (Wildman–Crippen MR) is 47.0 cm³/mol. The number of aryl methyl sites for hydroxylation is 1. The zero-order valence-corrected chi connectivity index (χ0v) is 9.06. The van der Waals surface area contributed by atoms with Crippen LogP contribution in [-0.2, 0) is 10.0 Å². The first-order valence-corrected chi connectivity index (χ1v) is 5.51. The Hall–Kier alpha value is -1.42. The van der Waals surface area contributed by atoms with Crippen LogP contribution < -0.4 is 9.88 Å². The van der Waals surface area contributed by atoms with Crippen LogP contribution in [0.5, 0.6) is 5.88 Å². The van der Waals surface area contributed by atoms with E-state index in [1.54, 1.807) is 0 Å². The second-order valence-corrected chi connectivity index (χ2v) is 4.52. The van der Waals surface area contributed by atoms with Gasteiger partial charge in [0, 0.05) is 5.56 Å². The smallest absolute Gasteiger partial charge is 0.386 e. The van der Waals surface area contributed by atoms with Crippen LogP contribution in [0.2, 0.25) is 0 Å². The predicted octanol–water partition coefficient (Wildman–Crippen LogP) is 1.08. The second kappa shape index (κ2) is 4.11. The molecule has 2 N–H and O–H groups in total. The van der Waals surface area contributed by atoms with Gasteiger partial charge in [-0.25, -0.2) is 13.6 Å². The van der Waals surface area contributed by atoms with Crippen LogP contribution in [0.1, 0.15) is 5.56 Å². The van der Waals surface area contributed by atoms with E-state index in [1.165, 1.54) is 0 Å². The fraction of sp³-hybridized carbons (Fsp3) is 0.286. The zero-order chi connectivity index (χ0) is 13.4. The van der Waals surface area contributed by atoms with Crippen molar-refractivity contribution in [2.45, 2.75) is 18.2 Å². The molecule has 0 unspecified atom stereocenters. The number of sulfonamides is 1. The Balaban J connectivity index is 3.42. The first kappa shape index (κ1) is 13.6. The molecule has 0 aromatic carbocycles. The van der Waals surface area contributed by atoms with Gasteiger partial charge in [-0.15, -0.1) is 13.2 Å². The van der Waals surface area contributed by atoms with Crippen molar-refractivity contribution in [3.05, 3.63) is 17.6 Å². The molecule has 1 aromatic heterocycles. The number of nitrogens with zero attached hydrogens (tertiary/aromatic N) is 1. The van der Waals surface area contributed by atoms with E-state index in [1.807, 2.05) is 0 Å². The molecule has 10 heteroatoms. The maximum absolute atomic E-state index is 12.9. The van der Waals surface area contributed by atoms with Crippen LogP contribution in [0.25, 0.3) is 0 Å². The number of alkyl halides is 3. The summed E-state index contributed by atoms with van der Waals surface area (Å²) in [5.41, 5.74) is -0.274. The molecule has 96 valence electrons. The van der Waals surface area contributed by atoms with E-state index in [0.29, 0.717) is 6.07 Å². The third kappa shape index (κ3) is 3.53. The Morgan fingerprint density at radius 2 is 1.94 bits per heavy atom. The van der Waals surface area contributed by atoms with Gasteiger partial charge in [-0.2, -0.15) is 9.37 Å². The fourth-order valence-corrected chi connectivity index (χ4v) is 1.61. The van der Waals surface area contributed by atoms with Crippen molar-refractivity contribution in [2.75, 3.05) is 0 Å². The molecule has 0 atom stereocenters. The topological polar surface area (TPSA) is 82.3 Å². The molecule has 0 bridgehead atoms. The lowest BCUT2D eigenvalue weighted by Crippen LogP contribution is -2.22. The minimum Gasteiger partial charge on any atom is -0.386 e. The maximum Gasteiger partial charge on any atom is 0.574 e. The summed E-state index contributed by atoms with van der Waals surface area (Å²) in [6.07, 6.45) is -5.20. The Bertz CT molecular complexity index is 541. The van der Waals surface area contributed by atoms with Crippen LogP contribution in [0, 0.1) is 12.9 Å². The van der Waals surface area contributed by atoms with E-state index in [9.17, 15) is 26.0 Å². The highest BCUT2D eigenvalue weighted by atomic mass is 32.2. The van der Waals surface area contributed by atoms with Gasteiger partial charge < -0.3 is 4.74 Å². The molecule has 0 radical (unpaired) electrons. The van der Waals surface area contributed by atoms with Crippen LogP contribution in [0.3, 0.4) is 0 Å². The molecule has 0 aliphatic heterocycles. The number of rotatable bonds is 2. The van der Waals surface area contributed by atoms with E-state index < -0.39 is 33.1 Å². The number of primary sulfonamides is 1. The normalized spacial score (nSPS) is 12.6. The van der Waals surface area contributed by atoms with Gasteiger partial charge in [-0.3, -0.25) is 0 Å². The number of nitrogens with two attached hydrogens (primary N) is 1. The van der Waals surface area contributed by atoms with E-state index in [-0.39, 0.29) is 5.56 Å². The Kier molecular flexibility index (Phi) is 3.30. The van der Waals surface area contributed by atoms with Crippen LogP contribution in [-0.4, -0.2) is 19.8 Å². The van der Waals surface area contributed by atoms with Crippen molar-refractivity contribution < 1.29 is 30.7 Å². The number of aromatic nitrogens is 1. The standard InChI is InChI=1S/C7H6F4N2O3S/c1-3-2-4(17(12,14)15)6(13-5(3)8)16-7(9,10)11/h2H,1H3,(H2,12,14,15). The molecule has 0 aliphatic rings. The van der Waals surface area contributed by atoms with E-state index in [0.717, 1.165) is 6.92 Å². The van der Waals surface area contributed by atoms with E-state index >= 15 is 0 Å². The fourth-order valence-electron chi connectivity index (χ4n) is 0.937. The van der Waals surface area contributed by atoms with Gasteiger partial charge in [0.1, 0.15) is 4.90 Å². The highest BCUT2D eigenvalue weighted by molar-refractivity contribution is 7.89. The first-order valence-electron chi connectivity index (χ1n) is 3.96. The minimum atomic E-state index is -5.20. The van der Waals surface area contributed by atoms with Crippen molar-refractivity contribution in [3.63, 3.8) is 0 Å².